The number of aromatic amines is 1. The van der Waals surface area contributed by atoms with Crippen LogP contribution in [0.25, 0.3) is 0 Å². The zero-order valence-electron chi connectivity index (χ0n) is 15.6. The van der Waals surface area contributed by atoms with Gasteiger partial charge < -0.3 is 14.5 Å². The third-order valence-corrected chi connectivity index (χ3v) is 4.22. The lowest BCUT2D eigenvalue weighted by Gasteiger charge is -2.15. The zero-order chi connectivity index (χ0) is 18.9. The molecule has 1 aromatic carbocycles. The van der Waals surface area contributed by atoms with Gasteiger partial charge in [0.25, 0.3) is 0 Å². The molecule has 0 aliphatic rings. The predicted octanol–water partition coefficient (Wildman–Crippen LogP) is 3.24. The van der Waals surface area contributed by atoms with E-state index in [1.54, 1.807) is 12.4 Å². The maximum Gasteiger partial charge on any atom is 0.338 e. The van der Waals surface area contributed by atoms with Gasteiger partial charge in [0.1, 0.15) is 5.82 Å². The van der Waals surface area contributed by atoms with Crippen LogP contribution in [-0.4, -0.2) is 35.6 Å². The molecule has 1 aromatic heterocycles. The van der Waals surface area contributed by atoms with Crippen LogP contribution < -0.4 is 0 Å². The second-order valence-corrected chi connectivity index (χ2v) is 6.18. The Labute approximate surface area is 153 Å². The number of aryl methyl sites for hydroxylation is 1. The van der Waals surface area contributed by atoms with E-state index >= 15 is 0 Å². The fourth-order valence-corrected chi connectivity index (χ4v) is 2.89. The van der Waals surface area contributed by atoms with Crippen LogP contribution in [0.3, 0.4) is 0 Å². The Bertz CT molecular complexity index is 739. The summed E-state index contributed by atoms with van der Waals surface area (Å²) in [5, 5.41) is 0. The van der Waals surface area contributed by atoms with Crippen molar-refractivity contribution in [1.82, 2.24) is 9.97 Å². The average Bonchev–Trinajstić information content (AvgIpc) is 3.13. The molecule has 0 bridgehead atoms. The number of nitrogens with zero attached hydrogens (tertiary/aromatic N) is 1. The lowest BCUT2D eigenvalue weighted by atomic mass is 9.92. The minimum absolute atomic E-state index is 0.230. The lowest BCUT2D eigenvalue weighted by Crippen LogP contribution is -2.12. The molecule has 2 rings (SSSR count). The van der Waals surface area contributed by atoms with Gasteiger partial charge in [0.2, 0.25) is 0 Å². The Morgan fingerprint density at radius 2 is 1.96 bits per heavy atom. The van der Waals surface area contributed by atoms with Gasteiger partial charge in [-0.05, 0) is 35.6 Å². The molecule has 1 N–H and O–H groups in total. The second-order valence-electron chi connectivity index (χ2n) is 6.18. The van der Waals surface area contributed by atoms with Crippen LogP contribution in [0.2, 0.25) is 0 Å². The number of ether oxygens (including phenoxy) is 2. The van der Waals surface area contributed by atoms with E-state index in [1.807, 2.05) is 12.1 Å². The first-order valence-corrected chi connectivity index (χ1v) is 8.89. The number of carbonyl (C=O) groups is 2. The average molecular weight is 358 g/mol. The molecule has 0 radical (unpaired) electrons. The first kappa shape index (κ1) is 19.7. The van der Waals surface area contributed by atoms with Crippen molar-refractivity contribution < 1.29 is 19.1 Å². The summed E-state index contributed by atoms with van der Waals surface area (Å²) in [6, 6.07) is 3.94. The van der Waals surface area contributed by atoms with Crippen LogP contribution in [0.15, 0.2) is 24.5 Å². The number of H-pyrrole nitrogens is 1. The lowest BCUT2D eigenvalue weighted by molar-refractivity contribution is -0.140. The number of esters is 2. The molecule has 26 heavy (non-hydrogen) atoms. The third-order valence-electron chi connectivity index (χ3n) is 4.22. The molecular weight excluding hydrogens is 332 g/mol. The Morgan fingerprint density at radius 3 is 2.58 bits per heavy atom. The highest BCUT2D eigenvalue weighted by Crippen LogP contribution is 2.23. The maximum absolute atomic E-state index is 12.2. The molecule has 0 atom stereocenters. The molecule has 1 heterocycles. The highest BCUT2D eigenvalue weighted by Gasteiger charge is 2.17. The summed E-state index contributed by atoms with van der Waals surface area (Å²) in [6.45, 7) is 3.74. The Hall–Kier alpha value is -2.63. The fourth-order valence-electron chi connectivity index (χ4n) is 2.89. The maximum atomic E-state index is 12.2. The van der Waals surface area contributed by atoms with Crippen LogP contribution in [-0.2, 0) is 33.5 Å². The van der Waals surface area contributed by atoms with Crippen molar-refractivity contribution in [2.75, 3.05) is 13.7 Å². The molecule has 0 saturated heterocycles. The van der Waals surface area contributed by atoms with Crippen LogP contribution >= 0.6 is 0 Å². The van der Waals surface area contributed by atoms with Crippen molar-refractivity contribution in [3.05, 3.63) is 52.6 Å². The van der Waals surface area contributed by atoms with Gasteiger partial charge >= 0.3 is 11.9 Å². The molecule has 0 spiro atoms. The SMILES string of the molecule is CCCCc1cc(C(=O)OC)c(CCOC(C)=O)cc1Cc1ncc[nH]1. The molecule has 0 aliphatic heterocycles. The molecule has 0 fully saturated rings. The van der Waals surface area contributed by atoms with Gasteiger partial charge in [0.15, 0.2) is 0 Å². The van der Waals surface area contributed by atoms with Crippen molar-refractivity contribution in [3.63, 3.8) is 0 Å². The molecule has 6 nitrogen and oxygen atoms in total. The molecule has 0 aliphatic carbocycles. The topological polar surface area (TPSA) is 81.3 Å². The number of methoxy groups -OCH3 is 1. The first-order valence-electron chi connectivity index (χ1n) is 8.89. The zero-order valence-corrected chi connectivity index (χ0v) is 15.6. The normalized spacial score (nSPS) is 10.6. The minimum atomic E-state index is -0.370. The van der Waals surface area contributed by atoms with Gasteiger partial charge in [-0.1, -0.05) is 19.4 Å². The van der Waals surface area contributed by atoms with Crippen LogP contribution in [0.5, 0.6) is 0 Å². The van der Waals surface area contributed by atoms with Crippen molar-refractivity contribution in [2.24, 2.45) is 0 Å². The summed E-state index contributed by atoms with van der Waals surface area (Å²) in [5.41, 5.74) is 3.60. The number of imidazole rings is 1. The highest BCUT2D eigenvalue weighted by atomic mass is 16.5. The number of rotatable bonds is 9. The van der Waals surface area contributed by atoms with E-state index in [4.69, 9.17) is 9.47 Å². The van der Waals surface area contributed by atoms with E-state index in [2.05, 4.69) is 16.9 Å². The molecule has 140 valence electrons. The fraction of sp³-hybridized carbons (Fsp3) is 0.450. The van der Waals surface area contributed by atoms with E-state index in [0.717, 1.165) is 41.8 Å². The van der Waals surface area contributed by atoms with Gasteiger partial charge in [0, 0.05) is 32.2 Å². The van der Waals surface area contributed by atoms with Gasteiger partial charge in [-0.15, -0.1) is 0 Å². The smallest absolute Gasteiger partial charge is 0.338 e. The second kappa shape index (κ2) is 9.75. The van der Waals surface area contributed by atoms with Gasteiger partial charge in [-0.3, -0.25) is 4.79 Å². The number of hydrogen-bond acceptors (Lipinski definition) is 5. The highest BCUT2D eigenvalue weighted by molar-refractivity contribution is 5.91. The largest absolute Gasteiger partial charge is 0.466 e. The molecule has 6 heteroatoms. The quantitative estimate of drug-likeness (QED) is 0.696. The van der Waals surface area contributed by atoms with Crippen LogP contribution in [0, 0.1) is 0 Å². The molecule has 0 saturated carbocycles. The number of benzene rings is 1. The van der Waals surface area contributed by atoms with E-state index in [-0.39, 0.29) is 18.5 Å². The van der Waals surface area contributed by atoms with Crippen molar-refractivity contribution >= 4 is 11.9 Å². The van der Waals surface area contributed by atoms with Gasteiger partial charge in [-0.2, -0.15) is 0 Å². The summed E-state index contributed by atoms with van der Waals surface area (Å²) >= 11 is 0. The Morgan fingerprint density at radius 1 is 1.15 bits per heavy atom. The summed E-state index contributed by atoms with van der Waals surface area (Å²) in [6.07, 6.45) is 7.65. The van der Waals surface area contributed by atoms with Crippen molar-refractivity contribution in [2.45, 2.75) is 46.0 Å². The van der Waals surface area contributed by atoms with Crippen molar-refractivity contribution in [1.29, 1.82) is 0 Å². The molecule has 0 unspecified atom stereocenters. The van der Waals surface area contributed by atoms with Gasteiger partial charge in [0.05, 0.1) is 19.3 Å². The van der Waals surface area contributed by atoms with E-state index in [0.29, 0.717) is 18.4 Å². The Kier molecular flexibility index (Phi) is 7.38. The number of aromatic nitrogens is 2. The van der Waals surface area contributed by atoms with Crippen LogP contribution in [0.4, 0.5) is 0 Å². The Balaban J connectivity index is 2.38. The van der Waals surface area contributed by atoms with Gasteiger partial charge in [-0.25, -0.2) is 9.78 Å². The summed E-state index contributed by atoms with van der Waals surface area (Å²) in [4.78, 5) is 30.7. The number of unbranched alkanes of at least 4 members (excludes halogenated alkanes) is 1. The first-order chi connectivity index (χ1) is 12.5. The number of hydrogen-bond donors (Lipinski definition) is 1. The van der Waals surface area contributed by atoms with Crippen molar-refractivity contribution in [3.8, 4) is 0 Å². The standard InChI is InChI=1S/C20H26N2O4/c1-4-5-6-15-12-18(20(24)25-3)16(7-10-26-14(2)23)11-17(15)13-19-21-8-9-22-19/h8-9,11-12H,4-7,10,13H2,1-3H3,(H,21,22). The summed E-state index contributed by atoms with van der Waals surface area (Å²) in [7, 11) is 1.38. The monoisotopic (exact) mass is 358 g/mol. The van der Waals surface area contributed by atoms with E-state index in [1.165, 1.54) is 14.0 Å². The third kappa shape index (κ3) is 5.44. The van der Waals surface area contributed by atoms with E-state index in [9.17, 15) is 9.59 Å². The number of carbonyl (C=O) groups excluding carboxylic acids is 2. The minimum Gasteiger partial charge on any atom is -0.466 e. The number of nitrogens with one attached hydrogen (secondary N) is 1. The van der Waals surface area contributed by atoms with E-state index < -0.39 is 0 Å². The molecular formula is C20H26N2O4. The van der Waals surface area contributed by atoms with Crippen LogP contribution in [0.1, 0.15) is 59.6 Å². The summed E-state index contributed by atoms with van der Waals surface area (Å²) < 4.78 is 9.99. The summed E-state index contributed by atoms with van der Waals surface area (Å²) in [5.74, 6) is 0.171. The molecule has 0 amide bonds. The predicted molar refractivity (Wildman–Crippen MR) is 98.1 cm³/mol. The molecule has 2 aromatic rings.